The smallest absolute Gasteiger partial charge is 0.0738 e. The van der Waals surface area contributed by atoms with Crippen molar-refractivity contribution in [2.75, 3.05) is 6.54 Å². The maximum absolute atomic E-state index is 5.73. The molecule has 2 rings (SSSR count). The van der Waals surface area contributed by atoms with Crippen molar-refractivity contribution >= 4 is 15.9 Å². The number of aromatic nitrogens is 2. The molecule has 1 fully saturated rings. The molecule has 0 aliphatic heterocycles. The van der Waals surface area contributed by atoms with E-state index in [1.807, 2.05) is 18.7 Å². The summed E-state index contributed by atoms with van der Waals surface area (Å²) >= 11 is 3.61. The predicted molar refractivity (Wildman–Crippen MR) is 64.6 cm³/mol. The number of halogens is 1. The van der Waals surface area contributed by atoms with Gasteiger partial charge in [0.1, 0.15) is 0 Å². The third-order valence-electron chi connectivity index (χ3n) is 3.59. The maximum Gasteiger partial charge on any atom is 0.0738 e. The van der Waals surface area contributed by atoms with Crippen molar-refractivity contribution in [2.24, 2.45) is 24.6 Å². The zero-order valence-electron chi connectivity index (χ0n) is 9.33. The van der Waals surface area contributed by atoms with E-state index in [4.69, 9.17) is 5.73 Å². The summed E-state index contributed by atoms with van der Waals surface area (Å²) in [5.41, 5.74) is 8.12. The Kier molecular flexibility index (Phi) is 3.16. The van der Waals surface area contributed by atoms with Gasteiger partial charge in [-0.25, -0.2) is 0 Å². The Balaban J connectivity index is 2.10. The summed E-state index contributed by atoms with van der Waals surface area (Å²) in [6.45, 7) is 2.87. The molecule has 1 aliphatic carbocycles. The molecule has 0 bridgehead atoms. The Hall–Kier alpha value is -0.350. The van der Waals surface area contributed by atoms with Gasteiger partial charge < -0.3 is 5.73 Å². The van der Waals surface area contributed by atoms with Crippen LogP contribution in [0.2, 0.25) is 0 Å². The molecule has 0 radical (unpaired) electrons. The summed E-state index contributed by atoms with van der Waals surface area (Å²) in [5, 5.41) is 4.41. The van der Waals surface area contributed by atoms with Crippen LogP contribution in [-0.2, 0) is 13.5 Å². The fourth-order valence-corrected chi connectivity index (χ4v) is 2.87. The molecule has 84 valence electrons. The largest absolute Gasteiger partial charge is 0.330 e. The molecule has 1 aromatic heterocycles. The van der Waals surface area contributed by atoms with Crippen molar-refractivity contribution in [2.45, 2.75) is 26.2 Å². The first-order valence-electron chi connectivity index (χ1n) is 5.51. The monoisotopic (exact) mass is 271 g/mol. The summed E-state index contributed by atoms with van der Waals surface area (Å²) in [4.78, 5) is 0. The Labute approximate surface area is 99.2 Å². The average Bonchev–Trinajstić information content (AvgIpc) is 2.38. The van der Waals surface area contributed by atoms with E-state index in [2.05, 4.69) is 21.0 Å². The number of nitrogens with zero attached hydrogens (tertiary/aromatic N) is 2. The van der Waals surface area contributed by atoms with Crippen LogP contribution in [0.5, 0.6) is 0 Å². The van der Waals surface area contributed by atoms with Crippen molar-refractivity contribution in [3.63, 3.8) is 0 Å². The lowest BCUT2D eigenvalue weighted by Gasteiger charge is -2.35. The van der Waals surface area contributed by atoms with Gasteiger partial charge in [-0.2, -0.15) is 5.10 Å². The standard InChI is InChI=1S/C11H18BrN3/c1-7-11(12)10(15(2)14-7)5-8-3-4-9(8)6-13/h8-9H,3-6,13H2,1-2H3. The minimum atomic E-state index is 0.729. The van der Waals surface area contributed by atoms with Crippen LogP contribution in [0.25, 0.3) is 0 Å². The van der Waals surface area contributed by atoms with Gasteiger partial charge in [0.15, 0.2) is 0 Å². The Morgan fingerprint density at radius 3 is 2.53 bits per heavy atom. The molecule has 2 N–H and O–H groups in total. The Bertz CT molecular complexity index is 357. The molecule has 1 saturated carbocycles. The summed E-state index contributed by atoms with van der Waals surface area (Å²) in [7, 11) is 2.02. The van der Waals surface area contributed by atoms with E-state index in [9.17, 15) is 0 Å². The fourth-order valence-electron chi connectivity index (χ4n) is 2.37. The molecule has 1 heterocycles. The SMILES string of the molecule is Cc1nn(C)c(CC2CCC2CN)c1Br. The third kappa shape index (κ3) is 1.97. The summed E-state index contributed by atoms with van der Waals surface area (Å²) in [6, 6.07) is 0. The predicted octanol–water partition coefficient (Wildman–Crippen LogP) is 2.02. The van der Waals surface area contributed by atoms with Gasteiger partial charge in [-0.1, -0.05) is 0 Å². The van der Waals surface area contributed by atoms with Crippen LogP contribution in [-0.4, -0.2) is 16.3 Å². The molecular formula is C11H18BrN3. The van der Waals surface area contributed by atoms with Crippen LogP contribution in [0.1, 0.15) is 24.2 Å². The van der Waals surface area contributed by atoms with E-state index >= 15 is 0 Å². The van der Waals surface area contributed by atoms with Gasteiger partial charge in [0, 0.05) is 7.05 Å². The van der Waals surface area contributed by atoms with Crippen molar-refractivity contribution in [1.82, 2.24) is 9.78 Å². The minimum Gasteiger partial charge on any atom is -0.330 e. The molecule has 1 aliphatic rings. The zero-order chi connectivity index (χ0) is 11.0. The average molecular weight is 272 g/mol. The second-order valence-corrected chi connectivity index (χ2v) is 5.30. The van der Waals surface area contributed by atoms with E-state index in [-0.39, 0.29) is 0 Å². The highest BCUT2D eigenvalue weighted by Crippen LogP contribution is 2.37. The maximum atomic E-state index is 5.73. The van der Waals surface area contributed by atoms with E-state index in [0.29, 0.717) is 0 Å². The van der Waals surface area contributed by atoms with Crippen molar-refractivity contribution < 1.29 is 0 Å². The Morgan fingerprint density at radius 1 is 1.47 bits per heavy atom. The van der Waals surface area contributed by atoms with E-state index < -0.39 is 0 Å². The number of aryl methyl sites for hydroxylation is 2. The summed E-state index contributed by atoms with van der Waals surface area (Å²) in [6.07, 6.45) is 3.73. The number of nitrogens with two attached hydrogens (primary N) is 1. The van der Waals surface area contributed by atoms with E-state index in [1.165, 1.54) is 23.0 Å². The van der Waals surface area contributed by atoms with Crippen LogP contribution in [0.3, 0.4) is 0 Å². The summed E-state index contributed by atoms with van der Waals surface area (Å²) < 4.78 is 3.17. The van der Waals surface area contributed by atoms with Crippen LogP contribution < -0.4 is 5.73 Å². The molecule has 2 atom stereocenters. The highest BCUT2D eigenvalue weighted by molar-refractivity contribution is 9.10. The van der Waals surface area contributed by atoms with Crippen molar-refractivity contribution in [3.8, 4) is 0 Å². The first-order valence-corrected chi connectivity index (χ1v) is 6.30. The first kappa shape index (κ1) is 11.1. The van der Waals surface area contributed by atoms with Gasteiger partial charge in [-0.05, 0) is 60.5 Å². The third-order valence-corrected chi connectivity index (χ3v) is 4.63. The second-order valence-electron chi connectivity index (χ2n) is 4.51. The molecule has 2 unspecified atom stereocenters. The topological polar surface area (TPSA) is 43.8 Å². The summed E-state index contributed by atoms with van der Waals surface area (Å²) in [5.74, 6) is 1.49. The van der Waals surface area contributed by atoms with Crippen LogP contribution in [0.15, 0.2) is 4.47 Å². The molecule has 4 heteroatoms. The van der Waals surface area contributed by atoms with Gasteiger partial charge in [-0.3, -0.25) is 4.68 Å². The first-order chi connectivity index (χ1) is 7.13. The molecule has 0 aromatic carbocycles. The quantitative estimate of drug-likeness (QED) is 0.914. The van der Waals surface area contributed by atoms with Crippen LogP contribution >= 0.6 is 15.9 Å². The lowest BCUT2D eigenvalue weighted by Crippen LogP contribution is -2.34. The Morgan fingerprint density at radius 2 is 2.13 bits per heavy atom. The molecule has 3 nitrogen and oxygen atoms in total. The van der Waals surface area contributed by atoms with Gasteiger partial charge >= 0.3 is 0 Å². The lowest BCUT2D eigenvalue weighted by atomic mass is 9.71. The van der Waals surface area contributed by atoms with Crippen molar-refractivity contribution in [3.05, 3.63) is 15.9 Å². The van der Waals surface area contributed by atoms with Gasteiger partial charge in [0.25, 0.3) is 0 Å². The molecule has 0 amide bonds. The van der Waals surface area contributed by atoms with E-state index in [0.717, 1.165) is 30.5 Å². The molecule has 1 aromatic rings. The minimum absolute atomic E-state index is 0.729. The second kappa shape index (κ2) is 4.26. The fraction of sp³-hybridized carbons (Fsp3) is 0.727. The molecule has 0 saturated heterocycles. The molecule has 0 spiro atoms. The molecule has 15 heavy (non-hydrogen) atoms. The van der Waals surface area contributed by atoms with Gasteiger partial charge in [-0.15, -0.1) is 0 Å². The van der Waals surface area contributed by atoms with E-state index in [1.54, 1.807) is 0 Å². The lowest BCUT2D eigenvalue weighted by molar-refractivity contribution is 0.180. The number of rotatable bonds is 3. The van der Waals surface area contributed by atoms with Crippen LogP contribution in [0.4, 0.5) is 0 Å². The number of hydrogen-bond acceptors (Lipinski definition) is 2. The van der Waals surface area contributed by atoms with Gasteiger partial charge in [0.05, 0.1) is 15.9 Å². The normalized spacial score (nSPS) is 25.3. The zero-order valence-corrected chi connectivity index (χ0v) is 10.9. The van der Waals surface area contributed by atoms with Crippen LogP contribution in [0, 0.1) is 18.8 Å². The highest BCUT2D eigenvalue weighted by atomic mass is 79.9. The number of hydrogen-bond donors (Lipinski definition) is 1. The molecular weight excluding hydrogens is 254 g/mol. The van der Waals surface area contributed by atoms with Gasteiger partial charge in [0.2, 0.25) is 0 Å². The highest BCUT2D eigenvalue weighted by Gasteiger charge is 2.31. The van der Waals surface area contributed by atoms with Crippen molar-refractivity contribution in [1.29, 1.82) is 0 Å².